The van der Waals surface area contributed by atoms with Gasteiger partial charge in [0.05, 0.1) is 18.8 Å². The van der Waals surface area contributed by atoms with Gasteiger partial charge in [-0.25, -0.2) is 4.98 Å². The molecule has 2 aliphatic heterocycles. The lowest BCUT2D eigenvalue weighted by atomic mass is 9.98. The first-order valence-electron chi connectivity index (χ1n) is 11.9. The molecule has 1 unspecified atom stereocenters. The van der Waals surface area contributed by atoms with Crippen LogP contribution in [0.3, 0.4) is 0 Å². The first kappa shape index (κ1) is 21.3. The molecule has 1 aromatic carbocycles. The molecule has 2 N–H and O–H groups in total. The van der Waals surface area contributed by atoms with E-state index in [1.54, 1.807) is 23.3 Å². The maximum Gasteiger partial charge on any atom is 0.270 e. The number of hydrogen-bond acceptors (Lipinski definition) is 6. The first-order chi connectivity index (χ1) is 17.1. The number of ether oxygens (including phenoxy) is 1. The van der Waals surface area contributed by atoms with Gasteiger partial charge in [-0.1, -0.05) is 38.1 Å². The van der Waals surface area contributed by atoms with Gasteiger partial charge in [0, 0.05) is 41.8 Å². The van der Waals surface area contributed by atoms with Crippen molar-refractivity contribution >= 4 is 11.6 Å². The minimum Gasteiger partial charge on any atom is -0.466 e. The molecule has 0 bridgehead atoms. The summed E-state index contributed by atoms with van der Waals surface area (Å²) in [5.74, 6) is 0.906. The van der Waals surface area contributed by atoms with Crippen LogP contribution in [0.25, 0.3) is 22.4 Å². The van der Waals surface area contributed by atoms with Gasteiger partial charge < -0.3 is 15.4 Å². The van der Waals surface area contributed by atoms with Gasteiger partial charge in [0.1, 0.15) is 17.5 Å². The molecule has 35 heavy (non-hydrogen) atoms. The summed E-state index contributed by atoms with van der Waals surface area (Å²) in [6, 6.07) is 14.4. The van der Waals surface area contributed by atoms with Crippen LogP contribution in [-0.2, 0) is 6.54 Å². The molecule has 6 rings (SSSR count). The average Bonchev–Trinajstić information content (AvgIpc) is 3.30. The Morgan fingerprint density at radius 2 is 1.86 bits per heavy atom. The SMILES string of the molecule is CC(C)c1ccc(C2CNc3cc(-c4c(-c5ccncc5)nn5c4C(=O)NCC5)cnc3O2)cc1. The van der Waals surface area contributed by atoms with Gasteiger partial charge in [0.15, 0.2) is 0 Å². The fourth-order valence-electron chi connectivity index (χ4n) is 4.67. The maximum atomic E-state index is 12.8. The number of pyridine rings is 2. The normalized spacial score (nSPS) is 16.7. The second-order valence-electron chi connectivity index (χ2n) is 9.17. The van der Waals surface area contributed by atoms with E-state index in [0.29, 0.717) is 37.1 Å². The Morgan fingerprint density at radius 3 is 2.63 bits per heavy atom. The molecule has 8 heteroatoms. The molecular weight excluding hydrogens is 440 g/mol. The molecule has 176 valence electrons. The highest BCUT2D eigenvalue weighted by molar-refractivity contribution is 6.03. The Hall–Kier alpha value is -4.20. The number of nitrogens with zero attached hydrogens (tertiary/aromatic N) is 4. The van der Waals surface area contributed by atoms with Crippen LogP contribution in [0.4, 0.5) is 5.69 Å². The van der Waals surface area contributed by atoms with Crippen molar-refractivity contribution < 1.29 is 9.53 Å². The van der Waals surface area contributed by atoms with Gasteiger partial charge in [-0.2, -0.15) is 5.10 Å². The Morgan fingerprint density at radius 1 is 1.06 bits per heavy atom. The molecule has 4 aromatic rings. The number of hydrogen-bond donors (Lipinski definition) is 2. The highest BCUT2D eigenvalue weighted by atomic mass is 16.5. The molecule has 0 aliphatic carbocycles. The highest BCUT2D eigenvalue weighted by Gasteiger charge is 2.30. The third kappa shape index (κ3) is 3.80. The summed E-state index contributed by atoms with van der Waals surface area (Å²) in [7, 11) is 0. The van der Waals surface area contributed by atoms with Gasteiger partial charge in [-0.3, -0.25) is 14.5 Å². The molecule has 1 amide bonds. The predicted octanol–water partition coefficient (Wildman–Crippen LogP) is 4.42. The average molecular weight is 467 g/mol. The third-order valence-corrected chi connectivity index (χ3v) is 6.58. The van der Waals surface area contributed by atoms with Crippen molar-refractivity contribution in [2.75, 3.05) is 18.4 Å². The topological polar surface area (TPSA) is 94.0 Å². The van der Waals surface area contributed by atoms with E-state index < -0.39 is 0 Å². The standard InChI is InChI=1S/C27H26N6O2/c1-16(2)17-3-5-18(6-4-17)22-15-30-21-13-20(14-31-27(21)35-22)23-24(19-7-9-28-10-8-19)32-33-12-11-29-26(34)25(23)33/h3-10,13-14,16,22,30H,11-12,15H2,1-2H3,(H,29,34). The zero-order valence-corrected chi connectivity index (χ0v) is 19.7. The molecule has 0 fully saturated rings. The Balaban J connectivity index is 1.36. The molecule has 0 radical (unpaired) electrons. The van der Waals surface area contributed by atoms with E-state index in [1.807, 2.05) is 18.2 Å². The van der Waals surface area contributed by atoms with Crippen molar-refractivity contribution in [3.63, 3.8) is 0 Å². The molecule has 5 heterocycles. The van der Waals surface area contributed by atoms with Crippen molar-refractivity contribution in [1.29, 1.82) is 0 Å². The molecule has 0 saturated heterocycles. The molecule has 3 aromatic heterocycles. The number of fused-ring (bicyclic) bond motifs is 2. The van der Waals surface area contributed by atoms with Crippen LogP contribution >= 0.6 is 0 Å². The van der Waals surface area contributed by atoms with E-state index in [4.69, 9.17) is 9.84 Å². The number of nitrogens with one attached hydrogen (secondary N) is 2. The van der Waals surface area contributed by atoms with Gasteiger partial charge in [0.2, 0.25) is 5.88 Å². The minimum absolute atomic E-state index is 0.121. The maximum absolute atomic E-state index is 12.8. The number of amides is 1. The lowest BCUT2D eigenvalue weighted by Gasteiger charge is -2.27. The first-order valence-corrected chi connectivity index (χ1v) is 11.9. The van der Waals surface area contributed by atoms with Gasteiger partial charge in [-0.15, -0.1) is 0 Å². The fraction of sp³-hybridized carbons (Fsp3) is 0.259. The van der Waals surface area contributed by atoms with Crippen molar-refractivity contribution in [3.8, 4) is 28.3 Å². The molecule has 2 aliphatic rings. The summed E-state index contributed by atoms with van der Waals surface area (Å²) >= 11 is 0. The van der Waals surface area contributed by atoms with Crippen LogP contribution in [0.2, 0.25) is 0 Å². The van der Waals surface area contributed by atoms with Crippen LogP contribution in [-0.4, -0.2) is 38.7 Å². The quantitative estimate of drug-likeness (QED) is 0.462. The van der Waals surface area contributed by atoms with Crippen LogP contribution in [0.5, 0.6) is 5.88 Å². The van der Waals surface area contributed by atoms with Gasteiger partial charge in [-0.05, 0) is 35.2 Å². The van der Waals surface area contributed by atoms with E-state index in [1.165, 1.54) is 5.56 Å². The van der Waals surface area contributed by atoms with Gasteiger partial charge in [0.25, 0.3) is 5.91 Å². The Bertz CT molecular complexity index is 1400. The summed E-state index contributed by atoms with van der Waals surface area (Å²) in [5, 5.41) is 11.2. The number of anilines is 1. The van der Waals surface area contributed by atoms with Crippen molar-refractivity contribution in [2.45, 2.75) is 32.4 Å². The molecule has 8 nitrogen and oxygen atoms in total. The summed E-state index contributed by atoms with van der Waals surface area (Å²) in [5.41, 5.74) is 6.97. The van der Waals surface area contributed by atoms with E-state index in [-0.39, 0.29) is 12.0 Å². The second kappa shape index (κ2) is 8.54. The van der Waals surface area contributed by atoms with Gasteiger partial charge >= 0.3 is 0 Å². The van der Waals surface area contributed by atoms with Crippen LogP contribution < -0.4 is 15.4 Å². The predicted molar refractivity (Wildman–Crippen MR) is 133 cm³/mol. The van der Waals surface area contributed by atoms with Crippen molar-refractivity contribution in [2.24, 2.45) is 0 Å². The van der Waals surface area contributed by atoms with E-state index >= 15 is 0 Å². The largest absolute Gasteiger partial charge is 0.466 e. The number of carbonyl (C=O) groups excluding carboxylic acids is 1. The summed E-state index contributed by atoms with van der Waals surface area (Å²) in [6.07, 6.45) is 5.09. The van der Waals surface area contributed by atoms with E-state index in [0.717, 1.165) is 33.6 Å². The smallest absolute Gasteiger partial charge is 0.270 e. The monoisotopic (exact) mass is 466 g/mol. The van der Waals surface area contributed by atoms with Crippen LogP contribution in [0.1, 0.15) is 47.5 Å². The van der Waals surface area contributed by atoms with Crippen molar-refractivity contribution in [1.82, 2.24) is 25.1 Å². The summed E-state index contributed by atoms with van der Waals surface area (Å²) in [4.78, 5) is 21.6. The fourth-order valence-corrected chi connectivity index (χ4v) is 4.67. The highest BCUT2D eigenvalue weighted by Crippen LogP contribution is 2.40. The minimum atomic E-state index is -0.133. The van der Waals surface area contributed by atoms with Crippen molar-refractivity contribution in [3.05, 3.63) is 77.9 Å². The number of benzene rings is 1. The van der Waals surface area contributed by atoms with E-state index in [2.05, 4.69) is 58.7 Å². The third-order valence-electron chi connectivity index (χ3n) is 6.58. The Labute approximate surface area is 203 Å². The second-order valence-corrected chi connectivity index (χ2v) is 9.17. The van der Waals surface area contributed by atoms with Crippen LogP contribution in [0, 0.1) is 0 Å². The molecular formula is C27H26N6O2. The number of aromatic nitrogens is 4. The molecule has 0 spiro atoms. The van der Waals surface area contributed by atoms with E-state index in [9.17, 15) is 4.79 Å². The number of rotatable bonds is 4. The molecule has 1 atom stereocenters. The lowest BCUT2D eigenvalue weighted by molar-refractivity contribution is 0.0925. The summed E-state index contributed by atoms with van der Waals surface area (Å²) in [6.45, 7) is 6.18. The summed E-state index contributed by atoms with van der Waals surface area (Å²) < 4.78 is 8.04. The zero-order valence-electron chi connectivity index (χ0n) is 19.7. The number of carbonyl (C=O) groups is 1. The zero-order chi connectivity index (χ0) is 23.9. The Kier molecular flexibility index (Phi) is 5.21. The van der Waals surface area contributed by atoms with Crippen LogP contribution in [0.15, 0.2) is 61.1 Å². The lowest BCUT2D eigenvalue weighted by Crippen LogP contribution is -2.35. The molecule has 0 saturated carbocycles.